The molecular weight excluding hydrogens is 446 g/mol. The van der Waals surface area contributed by atoms with Crippen LogP contribution < -0.4 is 15.6 Å². The smallest absolute Gasteiger partial charge is 0.266 e. The van der Waals surface area contributed by atoms with Crippen LogP contribution in [0.1, 0.15) is 39.0 Å². The van der Waals surface area contributed by atoms with E-state index < -0.39 is 5.25 Å². The lowest BCUT2D eigenvalue weighted by molar-refractivity contribution is -0.121. The minimum absolute atomic E-state index is 0.0383. The van der Waals surface area contributed by atoms with Gasteiger partial charge in [0, 0.05) is 6.04 Å². The molecule has 0 radical (unpaired) electrons. The van der Waals surface area contributed by atoms with Crippen LogP contribution in [0.25, 0.3) is 16.6 Å². The summed E-state index contributed by atoms with van der Waals surface area (Å²) in [7, 11) is 1.54. The number of rotatable bonds is 6. The number of halogens is 1. The zero-order valence-corrected chi connectivity index (χ0v) is 19.7. The van der Waals surface area contributed by atoms with Gasteiger partial charge in [-0.1, -0.05) is 54.8 Å². The number of carbonyl (C=O) groups is 1. The molecule has 4 rings (SSSR count). The number of thioether (sulfide) groups is 1. The van der Waals surface area contributed by atoms with Crippen LogP contribution in [0.5, 0.6) is 5.75 Å². The molecule has 1 aliphatic rings. The Morgan fingerprint density at radius 1 is 1.22 bits per heavy atom. The number of nitrogens with one attached hydrogen (secondary N) is 1. The molecule has 3 aromatic rings. The molecule has 2 aromatic carbocycles. The van der Waals surface area contributed by atoms with E-state index in [2.05, 4.69) is 5.32 Å². The molecule has 1 saturated carbocycles. The van der Waals surface area contributed by atoms with E-state index in [1.807, 2.05) is 19.1 Å². The number of aromatic nitrogens is 2. The van der Waals surface area contributed by atoms with Gasteiger partial charge in [0.25, 0.3) is 5.56 Å². The first-order valence-corrected chi connectivity index (χ1v) is 12.1. The highest BCUT2D eigenvalue weighted by molar-refractivity contribution is 8.00. The summed E-state index contributed by atoms with van der Waals surface area (Å²) >= 11 is 7.61. The summed E-state index contributed by atoms with van der Waals surface area (Å²) < 4.78 is 6.76. The second-order valence-corrected chi connectivity index (χ2v) is 9.69. The zero-order chi connectivity index (χ0) is 22.7. The highest BCUT2D eigenvalue weighted by Crippen LogP contribution is 2.30. The van der Waals surface area contributed by atoms with Crippen molar-refractivity contribution in [3.8, 4) is 11.4 Å². The molecule has 6 nitrogen and oxygen atoms in total. The third-order valence-corrected chi connectivity index (χ3v) is 7.09. The van der Waals surface area contributed by atoms with Crippen molar-refractivity contribution in [2.24, 2.45) is 0 Å². The topological polar surface area (TPSA) is 73.2 Å². The minimum Gasteiger partial charge on any atom is -0.495 e. The quantitative estimate of drug-likeness (QED) is 0.405. The fourth-order valence-corrected chi connectivity index (χ4v) is 5.18. The highest BCUT2D eigenvalue weighted by atomic mass is 35.5. The van der Waals surface area contributed by atoms with Gasteiger partial charge in [0.05, 0.1) is 34.0 Å². The standard InChI is InChI=1S/C24H26ClN3O3S/c1-15(22(29)26-16-8-4-3-5-9-16)32-24-27-20-11-7-6-10-18(20)23(30)28(24)17-12-13-21(31-2)19(25)14-17/h6-7,10-16H,3-5,8-9H2,1-2H3,(H,26,29). The Hall–Kier alpha value is -2.51. The highest BCUT2D eigenvalue weighted by Gasteiger charge is 2.23. The lowest BCUT2D eigenvalue weighted by atomic mass is 9.95. The fourth-order valence-electron chi connectivity index (χ4n) is 3.99. The van der Waals surface area contributed by atoms with Crippen molar-refractivity contribution in [2.75, 3.05) is 7.11 Å². The summed E-state index contributed by atoms with van der Waals surface area (Å²) in [5, 5.41) is 4.09. The van der Waals surface area contributed by atoms with Crippen molar-refractivity contribution in [3.05, 3.63) is 57.8 Å². The van der Waals surface area contributed by atoms with Gasteiger partial charge in [-0.25, -0.2) is 4.98 Å². The molecule has 8 heteroatoms. The van der Waals surface area contributed by atoms with E-state index in [-0.39, 0.29) is 17.5 Å². The van der Waals surface area contributed by atoms with Crippen LogP contribution in [0.2, 0.25) is 5.02 Å². The van der Waals surface area contributed by atoms with Gasteiger partial charge in [0.1, 0.15) is 5.75 Å². The van der Waals surface area contributed by atoms with Crippen molar-refractivity contribution in [2.45, 2.75) is 55.5 Å². The summed E-state index contributed by atoms with van der Waals surface area (Å²) in [5.74, 6) is 0.482. The first kappa shape index (κ1) is 22.7. The van der Waals surface area contributed by atoms with Gasteiger partial charge in [-0.2, -0.15) is 0 Å². The molecule has 1 heterocycles. The average molecular weight is 472 g/mol. The summed E-state index contributed by atoms with van der Waals surface area (Å²) in [6, 6.07) is 12.6. The summed E-state index contributed by atoms with van der Waals surface area (Å²) in [6.45, 7) is 1.84. The van der Waals surface area contributed by atoms with Crippen LogP contribution in [-0.2, 0) is 4.79 Å². The summed E-state index contributed by atoms with van der Waals surface area (Å²) in [6.07, 6.45) is 5.57. The predicted octanol–water partition coefficient (Wildman–Crippen LogP) is 4.98. The van der Waals surface area contributed by atoms with Crippen molar-refractivity contribution in [3.63, 3.8) is 0 Å². The number of ether oxygens (including phenoxy) is 1. The molecule has 0 spiro atoms. The fraction of sp³-hybridized carbons (Fsp3) is 0.375. The molecule has 32 heavy (non-hydrogen) atoms. The van der Waals surface area contributed by atoms with Crippen molar-refractivity contribution >= 4 is 40.2 Å². The molecule has 0 aliphatic heterocycles. The van der Waals surface area contributed by atoms with E-state index in [1.165, 1.54) is 22.7 Å². The van der Waals surface area contributed by atoms with Gasteiger partial charge in [0.2, 0.25) is 5.91 Å². The number of para-hydroxylation sites is 1. The molecule has 1 aromatic heterocycles. The minimum atomic E-state index is -0.412. The number of fused-ring (bicyclic) bond motifs is 1. The Balaban J connectivity index is 1.71. The van der Waals surface area contributed by atoms with Crippen LogP contribution in [0.3, 0.4) is 0 Å². The molecule has 1 aliphatic carbocycles. The maximum atomic E-state index is 13.4. The van der Waals surface area contributed by atoms with Crippen LogP contribution in [-0.4, -0.2) is 33.9 Å². The van der Waals surface area contributed by atoms with Gasteiger partial charge in [-0.15, -0.1) is 0 Å². The molecule has 1 unspecified atom stereocenters. The monoisotopic (exact) mass is 471 g/mol. The third kappa shape index (κ3) is 4.79. The SMILES string of the molecule is COc1ccc(-n2c(SC(C)C(=O)NC3CCCCC3)nc3ccccc3c2=O)cc1Cl. The van der Waals surface area contributed by atoms with E-state index in [9.17, 15) is 9.59 Å². The van der Waals surface area contributed by atoms with E-state index in [0.29, 0.717) is 32.5 Å². The normalized spacial score (nSPS) is 15.5. The Morgan fingerprint density at radius 3 is 2.69 bits per heavy atom. The van der Waals surface area contributed by atoms with E-state index >= 15 is 0 Å². The van der Waals surface area contributed by atoms with Crippen molar-refractivity contribution in [1.82, 2.24) is 14.9 Å². The number of nitrogens with zero attached hydrogens (tertiary/aromatic N) is 2. The van der Waals surface area contributed by atoms with Gasteiger partial charge in [0.15, 0.2) is 5.16 Å². The number of amides is 1. The Bertz CT molecular complexity index is 1190. The Kier molecular flexibility index (Phi) is 7.06. The van der Waals surface area contributed by atoms with Gasteiger partial charge < -0.3 is 10.1 Å². The molecule has 1 N–H and O–H groups in total. The molecule has 0 saturated heterocycles. The summed E-state index contributed by atoms with van der Waals surface area (Å²) in [4.78, 5) is 31.0. The third-order valence-electron chi connectivity index (χ3n) is 5.74. The molecule has 1 atom stereocenters. The van der Waals surface area contributed by atoms with Gasteiger partial charge in [-0.05, 0) is 50.1 Å². The van der Waals surface area contributed by atoms with E-state index in [0.717, 1.165) is 25.7 Å². The van der Waals surface area contributed by atoms with Gasteiger partial charge >= 0.3 is 0 Å². The second kappa shape index (κ2) is 9.96. The van der Waals surface area contributed by atoms with Crippen LogP contribution in [0.15, 0.2) is 52.4 Å². The average Bonchev–Trinajstić information content (AvgIpc) is 2.80. The number of benzene rings is 2. The lowest BCUT2D eigenvalue weighted by Gasteiger charge is -2.24. The molecular formula is C24H26ClN3O3S. The van der Waals surface area contributed by atoms with Crippen LogP contribution in [0, 0.1) is 0 Å². The lowest BCUT2D eigenvalue weighted by Crippen LogP contribution is -2.40. The number of hydrogen-bond acceptors (Lipinski definition) is 5. The zero-order valence-electron chi connectivity index (χ0n) is 18.1. The maximum absolute atomic E-state index is 13.4. The predicted molar refractivity (Wildman–Crippen MR) is 129 cm³/mol. The number of carbonyl (C=O) groups excluding carboxylic acids is 1. The first-order valence-electron chi connectivity index (χ1n) is 10.8. The second-order valence-electron chi connectivity index (χ2n) is 7.97. The Morgan fingerprint density at radius 2 is 1.97 bits per heavy atom. The summed E-state index contributed by atoms with van der Waals surface area (Å²) in [5.41, 5.74) is 0.955. The van der Waals surface area contributed by atoms with Gasteiger partial charge in [-0.3, -0.25) is 14.2 Å². The molecule has 1 fully saturated rings. The number of methoxy groups -OCH3 is 1. The van der Waals surface area contributed by atoms with E-state index in [4.69, 9.17) is 21.3 Å². The first-order chi connectivity index (χ1) is 15.5. The van der Waals surface area contributed by atoms with Crippen LogP contribution >= 0.6 is 23.4 Å². The van der Waals surface area contributed by atoms with Crippen molar-refractivity contribution in [1.29, 1.82) is 0 Å². The van der Waals surface area contributed by atoms with E-state index in [1.54, 1.807) is 37.4 Å². The molecule has 0 bridgehead atoms. The Labute approximate surface area is 196 Å². The molecule has 168 valence electrons. The maximum Gasteiger partial charge on any atom is 0.266 e. The van der Waals surface area contributed by atoms with Crippen LogP contribution in [0.4, 0.5) is 0 Å². The number of hydrogen-bond donors (Lipinski definition) is 1. The van der Waals surface area contributed by atoms with Crippen molar-refractivity contribution < 1.29 is 9.53 Å². The molecule has 1 amide bonds. The largest absolute Gasteiger partial charge is 0.495 e.